The summed E-state index contributed by atoms with van der Waals surface area (Å²) in [4.78, 5) is 7.35. The predicted octanol–water partition coefficient (Wildman–Crippen LogP) is 5.05. The van der Waals surface area contributed by atoms with Crippen molar-refractivity contribution < 1.29 is 12.8 Å². The number of halogens is 1. The number of hydrogen-bond acceptors (Lipinski definition) is 5. The molecular formula is C17H17FN2O2S3. The lowest BCUT2D eigenvalue weighted by atomic mass is 10.2. The van der Waals surface area contributed by atoms with Gasteiger partial charge in [-0.2, -0.15) is 0 Å². The minimum Gasteiger partial charge on any atom is -0.279 e. The molecule has 0 fully saturated rings. The van der Waals surface area contributed by atoms with E-state index in [0.717, 1.165) is 20.5 Å². The maximum absolute atomic E-state index is 13.2. The molecule has 0 amide bonds. The van der Waals surface area contributed by atoms with Crippen LogP contribution in [0.1, 0.15) is 21.0 Å². The summed E-state index contributed by atoms with van der Waals surface area (Å²) < 4.78 is 41.3. The molecule has 1 aromatic carbocycles. The molecular weight excluding hydrogens is 379 g/mol. The number of thiophene rings is 1. The number of aromatic nitrogens is 1. The Morgan fingerprint density at radius 3 is 2.36 bits per heavy atom. The second kappa shape index (κ2) is 6.51. The molecule has 25 heavy (non-hydrogen) atoms. The Bertz CT molecular complexity index is 1030. The third-order valence-electron chi connectivity index (χ3n) is 3.83. The zero-order valence-corrected chi connectivity index (χ0v) is 16.6. The number of sulfonamides is 1. The molecule has 2 heterocycles. The normalized spacial score (nSPS) is 11.7. The van der Waals surface area contributed by atoms with E-state index < -0.39 is 15.8 Å². The quantitative estimate of drug-likeness (QED) is 0.672. The third kappa shape index (κ3) is 3.61. The number of rotatable bonds is 4. The van der Waals surface area contributed by atoms with Crippen molar-refractivity contribution in [1.29, 1.82) is 0 Å². The van der Waals surface area contributed by atoms with Crippen LogP contribution in [0.25, 0.3) is 9.88 Å². The first-order chi connectivity index (χ1) is 11.7. The van der Waals surface area contributed by atoms with Crippen LogP contribution in [0.15, 0.2) is 29.2 Å². The van der Waals surface area contributed by atoms with Gasteiger partial charge in [-0.1, -0.05) is 0 Å². The number of anilines is 1. The molecule has 2 aromatic heterocycles. The van der Waals surface area contributed by atoms with E-state index in [1.165, 1.54) is 29.5 Å². The van der Waals surface area contributed by atoms with Crippen molar-refractivity contribution in [2.24, 2.45) is 0 Å². The number of thiazole rings is 1. The minimum atomic E-state index is -3.76. The van der Waals surface area contributed by atoms with Crippen LogP contribution in [0.2, 0.25) is 0 Å². The average Bonchev–Trinajstić information content (AvgIpc) is 3.06. The van der Waals surface area contributed by atoms with Gasteiger partial charge in [0.25, 0.3) is 10.0 Å². The zero-order chi connectivity index (χ0) is 18.4. The largest absolute Gasteiger partial charge is 0.279 e. The highest BCUT2D eigenvalue weighted by atomic mass is 32.2. The van der Waals surface area contributed by atoms with E-state index >= 15 is 0 Å². The summed E-state index contributed by atoms with van der Waals surface area (Å²) in [5, 5.41) is 0.822. The highest BCUT2D eigenvalue weighted by molar-refractivity contribution is 7.93. The van der Waals surface area contributed by atoms with Crippen LogP contribution in [0, 0.1) is 33.5 Å². The molecule has 0 atom stereocenters. The lowest BCUT2D eigenvalue weighted by Crippen LogP contribution is -2.14. The lowest BCUT2D eigenvalue weighted by molar-refractivity contribution is 0.600. The SMILES string of the molecule is Cc1cc(F)ccc1NS(=O)(=O)c1cc(-c2nc(C)c(C)s2)sc1C. The van der Waals surface area contributed by atoms with Crippen molar-refractivity contribution in [3.8, 4) is 9.88 Å². The Morgan fingerprint density at radius 1 is 1.04 bits per heavy atom. The fourth-order valence-corrected chi connectivity index (χ4v) is 6.04. The first kappa shape index (κ1) is 18.0. The van der Waals surface area contributed by atoms with Gasteiger partial charge in [-0.3, -0.25) is 4.72 Å². The van der Waals surface area contributed by atoms with Crippen LogP contribution in [-0.4, -0.2) is 13.4 Å². The standard InChI is InChI=1S/C17H17FN2O2S3/c1-9-7-13(18)5-6-14(9)20-25(21,22)16-8-15(23-12(16)4)17-19-10(2)11(3)24-17/h5-8,20H,1-4H3. The first-order valence-corrected chi connectivity index (χ1v) is 10.6. The molecule has 8 heteroatoms. The van der Waals surface area contributed by atoms with Crippen LogP contribution in [-0.2, 0) is 10.0 Å². The fraction of sp³-hybridized carbons (Fsp3) is 0.235. The number of nitrogens with one attached hydrogen (secondary N) is 1. The first-order valence-electron chi connectivity index (χ1n) is 7.51. The average molecular weight is 397 g/mol. The molecule has 0 radical (unpaired) electrons. The topological polar surface area (TPSA) is 59.1 Å². The maximum Gasteiger partial charge on any atom is 0.263 e. The summed E-state index contributed by atoms with van der Waals surface area (Å²) in [6.45, 7) is 7.36. The monoisotopic (exact) mass is 396 g/mol. The van der Waals surface area contributed by atoms with Crippen molar-refractivity contribution >= 4 is 38.4 Å². The summed E-state index contributed by atoms with van der Waals surface area (Å²) in [6.07, 6.45) is 0. The predicted molar refractivity (Wildman–Crippen MR) is 102 cm³/mol. The van der Waals surface area contributed by atoms with Gasteiger partial charge in [-0.25, -0.2) is 17.8 Å². The van der Waals surface area contributed by atoms with Gasteiger partial charge in [0, 0.05) is 9.75 Å². The van der Waals surface area contributed by atoms with E-state index in [9.17, 15) is 12.8 Å². The molecule has 0 spiro atoms. The van der Waals surface area contributed by atoms with Crippen molar-refractivity contribution in [2.45, 2.75) is 32.6 Å². The van der Waals surface area contributed by atoms with Gasteiger partial charge in [0.2, 0.25) is 0 Å². The Kier molecular flexibility index (Phi) is 4.70. The molecule has 4 nitrogen and oxygen atoms in total. The zero-order valence-electron chi connectivity index (χ0n) is 14.2. The number of aryl methyl sites for hydroxylation is 4. The molecule has 0 aliphatic rings. The van der Waals surface area contributed by atoms with Crippen molar-refractivity contribution in [3.63, 3.8) is 0 Å². The van der Waals surface area contributed by atoms with Gasteiger partial charge in [0.1, 0.15) is 15.7 Å². The van der Waals surface area contributed by atoms with Crippen LogP contribution in [0.3, 0.4) is 0 Å². The van der Waals surface area contributed by atoms with E-state index in [-0.39, 0.29) is 4.90 Å². The van der Waals surface area contributed by atoms with Gasteiger partial charge in [-0.05, 0) is 57.5 Å². The second-order valence-corrected chi connectivity index (χ2v) is 9.87. The molecule has 1 N–H and O–H groups in total. The lowest BCUT2D eigenvalue weighted by Gasteiger charge is -2.10. The summed E-state index contributed by atoms with van der Waals surface area (Å²) in [6, 6.07) is 5.61. The van der Waals surface area contributed by atoms with Crippen LogP contribution in [0.5, 0.6) is 0 Å². The highest BCUT2D eigenvalue weighted by Gasteiger charge is 2.22. The molecule has 0 aliphatic heterocycles. The third-order valence-corrected chi connectivity index (χ3v) is 7.75. The Morgan fingerprint density at radius 2 is 1.76 bits per heavy atom. The van der Waals surface area contributed by atoms with Gasteiger partial charge in [0.15, 0.2) is 0 Å². The molecule has 0 bridgehead atoms. The molecule has 0 saturated carbocycles. The van der Waals surface area contributed by atoms with Gasteiger partial charge < -0.3 is 0 Å². The van der Waals surface area contributed by atoms with E-state index in [2.05, 4.69) is 9.71 Å². The van der Waals surface area contributed by atoms with Crippen molar-refractivity contribution in [1.82, 2.24) is 4.98 Å². The van der Waals surface area contributed by atoms with E-state index in [1.54, 1.807) is 31.3 Å². The number of hydrogen-bond donors (Lipinski definition) is 1. The van der Waals surface area contributed by atoms with Gasteiger partial charge in [0.05, 0.1) is 16.3 Å². The molecule has 132 valence electrons. The molecule has 3 aromatic rings. The summed E-state index contributed by atoms with van der Waals surface area (Å²) in [5.41, 5.74) is 1.85. The second-order valence-electron chi connectivity index (χ2n) is 5.76. The van der Waals surface area contributed by atoms with Crippen molar-refractivity contribution in [2.75, 3.05) is 4.72 Å². The van der Waals surface area contributed by atoms with E-state index in [1.807, 2.05) is 13.8 Å². The number of nitrogens with zero attached hydrogens (tertiary/aromatic N) is 1. The van der Waals surface area contributed by atoms with Gasteiger partial charge >= 0.3 is 0 Å². The summed E-state index contributed by atoms with van der Waals surface area (Å²) in [7, 11) is -3.76. The summed E-state index contributed by atoms with van der Waals surface area (Å²) in [5.74, 6) is -0.399. The molecule has 0 unspecified atom stereocenters. The minimum absolute atomic E-state index is 0.224. The summed E-state index contributed by atoms with van der Waals surface area (Å²) >= 11 is 2.95. The van der Waals surface area contributed by atoms with E-state index in [0.29, 0.717) is 16.1 Å². The fourth-order valence-electron chi connectivity index (χ4n) is 2.36. The van der Waals surface area contributed by atoms with E-state index in [4.69, 9.17) is 0 Å². The molecule has 3 rings (SSSR count). The Labute approximate surface area is 154 Å². The smallest absolute Gasteiger partial charge is 0.263 e. The molecule has 0 aliphatic carbocycles. The van der Waals surface area contributed by atoms with Crippen LogP contribution < -0.4 is 4.72 Å². The highest BCUT2D eigenvalue weighted by Crippen LogP contribution is 2.37. The van der Waals surface area contributed by atoms with Crippen LogP contribution in [0.4, 0.5) is 10.1 Å². The van der Waals surface area contributed by atoms with Gasteiger partial charge in [-0.15, -0.1) is 22.7 Å². The molecule has 0 saturated heterocycles. The maximum atomic E-state index is 13.2. The number of benzene rings is 1. The Balaban J connectivity index is 1.97. The Hall–Kier alpha value is -1.77. The van der Waals surface area contributed by atoms with Crippen molar-refractivity contribution in [3.05, 3.63) is 51.1 Å². The van der Waals surface area contributed by atoms with Crippen LogP contribution >= 0.6 is 22.7 Å².